The summed E-state index contributed by atoms with van der Waals surface area (Å²) in [4.78, 5) is 63.6. The predicted molar refractivity (Wildman–Crippen MR) is 229 cm³/mol. The van der Waals surface area contributed by atoms with Gasteiger partial charge in [0.05, 0.1) is 17.6 Å². The highest BCUT2D eigenvalue weighted by Crippen LogP contribution is 2.28. The highest BCUT2D eigenvalue weighted by Gasteiger charge is 2.27. The van der Waals surface area contributed by atoms with Crippen LogP contribution >= 0.6 is 0 Å². The second kappa shape index (κ2) is 17.4. The van der Waals surface area contributed by atoms with Crippen molar-refractivity contribution in [2.45, 2.75) is 58.9 Å². The van der Waals surface area contributed by atoms with Gasteiger partial charge >= 0.3 is 17.8 Å². The van der Waals surface area contributed by atoms with Crippen LogP contribution in [-0.4, -0.2) is 100 Å². The molecule has 3 saturated heterocycles. The number of hydrogen-bond acceptors (Lipinski definition) is 13. The first-order valence-corrected chi connectivity index (χ1v) is 20.7. The van der Waals surface area contributed by atoms with Crippen LogP contribution in [0.4, 0.5) is 33.6 Å². The highest BCUT2D eigenvalue weighted by atomic mass is 16.5. The van der Waals surface area contributed by atoms with Crippen LogP contribution in [-0.2, 0) is 16.8 Å². The number of urea groups is 1. The number of piperidine rings is 1. The molecule has 0 saturated carbocycles. The predicted octanol–water partition coefficient (Wildman–Crippen LogP) is 5.69. The second-order valence-corrected chi connectivity index (χ2v) is 16.8. The molecular weight excluding hydrogens is 761 g/mol. The average Bonchev–Trinajstić information content (AvgIpc) is 3.77. The first kappa shape index (κ1) is 40.4. The van der Waals surface area contributed by atoms with Gasteiger partial charge in [0.2, 0.25) is 11.9 Å². The summed E-state index contributed by atoms with van der Waals surface area (Å²) < 4.78 is 5.17. The SMILES string of the molecule is Cc1cc(-c2ccnc(Nc3ccc(N4CCN(CC5CCN(c6ccc(N7CCC(=O)NC7=O)cc6)CC5)CC4)cn3)n2)ccc1CNC(=O)c1nc(C(C)(C)C)no1. The van der Waals surface area contributed by atoms with Crippen LogP contribution in [0.15, 0.2) is 77.6 Å². The van der Waals surface area contributed by atoms with Gasteiger partial charge in [-0.15, -0.1) is 0 Å². The summed E-state index contributed by atoms with van der Waals surface area (Å²) in [6, 6.07) is 19.7. The zero-order valence-corrected chi connectivity index (χ0v) is 34.6. The number of carbonyl (C=O) groups is 3. The lowest BCUT2D eigenvalue weighted by Crippen LogP contribution is -2.49. The minimum atomic E-state index is -0.410. The number of piperazine rings is 1. The quantitative estimate of drug-likeness (QED) is 0.149. The standard InChI is InChI=1S/C44H52N12O4/c1-29-25-31(5-6-32(29)26-47-39(58)40-51-41(52-60-40)44(2,3)4)36-13-17-45-42(48-36)49-37-12-11-35(27-46-37)55-23-21-53(22-24-55)28-30-14-18-54(19-15-30)33-7-9-34(10-8-33)56-20-16-38(57)50-43(56)59/h5-13,17,25,27,30H,14-16,18-24,26,28H2,1-4H3,(H,47,58)(H,50,57,59)(H,45,46,48,49). The Morgan fingerprint density at radius 2 is 1.58 bits per heavy atom. The molecule has 312 valence electrons. The van der Waals surface area contributed by atoms with Gasteiger partial charge in [-0.2, -0.15) is 4.98 Å². The summed E-state index contributed by atoms with van der Waals surface area (Å²) in [5.74, 6) is 1.60. The molecule has 3 aromatic heterocycles. The summed E-state index contributed by atoms with van der Waals surface area (Å²) >= 11 is 0. The molecule has 5 aromatic rings. The molecule has 8 rings (SSSR count). The van der Waals surface area contributed by atoms with Gasteiger partial charge in [-0.05, 0) is 85.3 Å². The maximum atomic E-state index is 12.6. The molecule has 0 radical (unpaired) electrons. The Morgan fingerprint density at radius 1 is 0.850 bits per heavy atom. The Balaban J connectivity index is 0.773. The Bertz CT molecular complexity index is 2310. The van der Waals surface area contributed by atoms with E-state index in [2.05, 4.69) is 64.0 Å². The molecule has 0 spiro atoms. The fraction of sp³-hybridized carbons (Fsp3) is 0.409. The van der Waals surface area contributed by atoms with E-state index in [1.807, 2.05) is 76.4 Å². The molecule has 0 aliphatic carbocycles. The van der Waals surface area contributed by atoms with Crippen LogP contribution in [0.5, 0.6) is 0 Å². The van der Waals surface area contributed by atoms with E-state index in [0.29, 0.717) is 43.0 Å². The fourth-order valence-electron chi connectivity index (χ4n) is 7.85. The van der Waals surface area contributed by atoms with Crippen LogP contribution in [0.1, 0.15) is 67.7 Å². The Kier molecular flexibility index (Phi) is 11.7. The minimum Gasteiger partial charge on any atom is -0.372 e. The van der Waals surface area contributed by atoms with E-state index in [-0.39, 0.29) is 23.2 Å². The van der Waals surface area contributed by atoms with E-state index in [1.54, 1.807) is 11.1 Å². The van der Waals surface area contributed by atoms with Crippen LogP contribution in [0.25, 0.3) is 11.3 Å². The molecule has 4 amide bonds. The Morgan fingerprint density at radius 3 is 2.27 bits per heavy atom. The first-order valence-electron chi connectivity index (χ1n) is 20.7. The first-order chi connectivity index (χ1) is 28.9. The third-order valence-electron chi connectivity index (χ3n) is 11.5. The largest absolute Gasteiger partial charge is 0.372 e. The van der Waals surface area contributed by atoms with Crippen molar-refractivity contribution in [2.24, 2.45) is 5.92 Å². The lowest BCUT2D eigenvalue weighted by molar-refractivity contribution is -0.120. The topological polar surface area (TPSA) is 178 Å². The van der Waals surface area contributed by atoms with Crippen molar-refractivity contribution in [3.8, 4) is 11.3 Å². The van der Waals surface area contributed by atoms with Crippen molar-refractivity contribution in [2.75, 3.05) is 72.4 Å². The monoisotopic (exact) mass is 812 g/mol. The van der Waals surface area contributed by atoms with Crippen molar-refractivity contribution in [3.63, 3.8) is 0 Å². The van der Waals surface area contributed by atoms with Crippen molar-refractivity contribution in [1.82, 2.24) is 40.6 Å². The molecule has 16 nitrogen and oxygen atoms in total. The Hall–Kier alpha value is -6.42. The Labute approximate surface area is 349 Å². The van der Waals surface area contributed by atoms with Gasteiger partial charge in [0.25, 0.3) is 0 Å². The van der Waals surface area contributed by atoms with Gasteiger partial charge in [-0.3, -0.25) is 24.7 Å². The average molecular weight is 813 g/mol. The number of carbonyl (C=O) groups excluding carboxylic acids is 3. The number of pyridine rings is 1. The number of aromatic nitrogens is 5. The van der Waals surface area contributed by atoms with Gasteiger partial charge in [-0.1, -0.05) is 38.1 Å². The van der Waals surface area contributed by atoms with Gasteiger partial charge < -0.3 is 25.0 Å². The van der Waals surface area contributed by atoms with Crippen LogP contribution in [0, 0.1) is 12.8 Å². The number of anilines is 5. The number of aryl methyl sites for hydroxylation is 1. The number of hydrogen-bond donors (Lipinski definition) is 3. The molecule has 0 bridgehead atoms. The zero-order valence-electron chi connectivity index (χ0n) is 34.6. The van der Waals surface area contributed by atoms with E-state index < -0.39 is 5.91 Å². The smallest absolute Gasteiger partial charge is 0.328 e. The summed E-state index contributed by atoms with van der Waals surface area (Å²) in [6.07, 6.45) is 6.27. The van der Waals surface area contributed by atoms with E-state index in [4.69, 9.17) is 14.5 Å². The molecule has 2 aromatic carbocycles. The van der Waals surface area contributed by atoms with Gasteiger partial charge in [0.1, 0.15) is 5.82 Å². The minimum absolute atomic E-state index is 0.0482. The zero-order chi connectivity index (χ0) is 41.8. The van der Waals surface area contributed by atoms with Crippen LogP contribution < -0.4 is 30.7 Å². The molecule has 0 atom stereocenters. The number of nitrogens with zero attached hydrogens (tertiary/aromatic N) is 9. The third-order valence-corrected chi connectivity index (χ3v) is 11.5. The molecule has 16 heteroatoms. The number of amides is 4. The van der Waals surface area contributed by atoms with Gasteiger partial charge in [0.15, 0.2) is 5.82 Å². The van der Waals surface area contributed by atoms with E-state index in [0.717, 1.165) is 92.4 Å². The third kappa shape index (κ3) is 9.54. The molecular formula is C44H52N12O4. The van der Waals surface area contributed by atoms with Crippen molar-refractivity contribution in [3.05, 3.63) is 95.9 Å². The number of imide groups is 1. The molecule has 3 aliphatic heterocycles. The fourth-order valence-corrected chi connectivity index (χ4v) is 7.85. The van der Waals surface area contributed by atoms with Crippen molar-refractivity contribution < 1.29 is 18.9 Å². The van der Waals surface area contributed by atoms with Crippen molar-refractivity contribution >= 4 is 46.7 Å². The van der Waals surface area contributed by atoms with Gasteiger partial charge in [-0.25, -0.2) is 19.7 Å². The normalized spacial score (nSPS) is 16.8. The van der Waals surface area contributed by atoms with Crippen molar-refractivity contribution in [1.29, 1.82) is 0 Å². The molecule has 6 heterocycles. The maximum Gasteiger partial charge on any atom is 0.328 e. The van der Waals surface area contributed by atoms with E-state index in [1.165, 1.54) is 5.69 Å². The molecule has 3 fully saturated rings. The number of benzene rings is 2. The lowest BCUT2D eigenvalue weighted by Gasteiger charge is -2.40. The number of rotatable bonds is 11. The molecule has 60 heavy (non-hydrogen) atoms. The summed E-state index contributed by atoms with van der Waals surface area (Å²) in [7, 11) is 0. The number of nitrogens with one attached hydrogen (secondary N) is 3. The van der Waals surface area contributed by atoms with E-state index in [9.17, 15) is 14.4 Å². The van der Waals surface area contributed by atoms with E-state index >= 15 is 0 Å². The highest BCUT2D eigenvalue weighted by molar-refractivity contribution is 6.05. The summed E-state index contributed by atoms with van der Waals surface area (Å²) in [5.41, 5.74) is 6.44. The summed E-state index contributed by atoms with van der Waals surface area (Å²) in [6.45, 7) is 15.7. The molecule has 3 aliphatic rings. The summed E-state index contributed by atoms with van der Waals surface area (Å²) in [5, 5.41) is 12.5. The van der Waals surface area contributed by atoms with Gasteiger partial charge in [0, 0.05) is 93.9 Å². The second-order valence-electron chi connectivity index (χ2n) is 16.8. The molecule has 3 N–H and O–H groups in total. The van der Waals surface area contributed by atoms with Crippen LogP contribution in [0.3, 0.4) is 0 Å². The lowest BCUT2D eigenvalue weighted by atomic mass is 9.95. The van der Waals surface area contributed by atoms with Crippen LogP contribution in [0.2, 0.25) is 0 Å². The maximum absolute atomic E-state index is 12.6. The molecule has 0 unspecified atom stereocenters.